The maximum absolute atomic E-state index is 4.44. The molecule has 1 saturated carbocycles. The number of rotatable bonds is 4. The lowest BCUT2D eigenvalue weighted by molar-refractivity contribution is 0.162. The summed E-state index contributed by atoms with van der Waals surface area (Å²) in [5.74, 6) is 1.76. The fraction of sp³-hybridized carbons (Fsp3) is 0.615. The zero-order chi connectivity index (χ0) is 11.0. The summed E-state index contributed by atoms with van der Waals surface area (Å²) in [5.41, 5.74) is 0. The van der Waals surface area contributed by atoms with E-state index >= 15 is 0 Å². The molecular weight excluding hydrogens is 216 g/mol. The van der Waals surface area contributed by atoms with Gasteiger partial charge in [-0.05, 0) is 31.1 Å². The van der Waals surface area contributed by atoms with E-state index in [0.29, 0.717) is 6.04 Å². The SMILES string of the molecule is CCc1cnc(CNC2CC3CC=CC32)s1. The molecule has 3 heteroatoms. The first kappa shape index (κ1) is 10.5. The van der Waals surface area contributed by atoms with Crippen molar-refractivity contribution in [2.75, 3.05) is 0 Å². The molecule has 0 saturated heterocycles. The molecule has 2 nitrogen and oxygen atoms in total. The molecule has 1 aromatic heterocycles. The second kappa shape index (κ2) is 4.30. The zero-order valence-electron chi connectivity index (χ0n) is 9.65. The molecule has 1 heterocycles. The van der Waals surface area contributed by atoms with Gasteiger partial charge in [-0.3, -0.25) is 0 Å². The molecular formula is C13H18N2S. The third kappa shape index (κ3) is 1.82. The minimum atomic E-state index is 0.706. The zero-order valence-corrected chi connectivity index (χ0v) is 10.5. The van der Waals surface area contributed by atoms with Crippen LogP contribution in [0.5, 0.6) is 0 Å². The Morgan fingerprint density at radius 1 is 1.56 bits per heavy atom. The van der Waals surface area contributed by atoms with Crippen molar-refractivity contribution in [2.45, 2.75) is 38.8 Å². The number of nitrogens with one attached hydrogen (secondary N) is 1. The lowest BCUT2D eigenvalue weighted by Crippen LogP contribution is -2.47. The van der Waals surface area contributed by atoms with Crippen molar-refractivity contribution in [1.82, 2.24) is 10.3 Å². The Morgan fingerprint density at radius 3 is 3.25 bits per heavy atom. The second-order valence-electron chi connectivity index (χ2n) is 4.80. The molecule has 3 atom stereocenters. The van der Waals surface area contributed by atoms with Crippen molar-refractivity contribution >= 4 is 11.3 Å². The van der Waals surface area contributed by atoms with Crippen molar-refractivity contribution < 1.29 is 0 Å². The summed E-state index contributed by atoms with van der Waals surface area (Å²) in [5, 5.41) is 4.88. The lowest BCUT2D eigenvalue weighted by Gasteiger charge is -2.40. The highest BCUT2D eigenvalue weighted by Crippen LogP contribution is 2.42. The van der Waals surface area contributed by atoms with Crippen LogP contribution in [0, 0.1) is 11.8 Å². The van der Waals surface area contributed by atoms with Gasteiger partial charge in [-0.2, -0.15) is 0 Å². The molecule has 3 rings (SSSR count). The molecule has 3 unspecified atom stereocenters. The van der Waals surface area contributed by atoms with Gasteiger partial charge >= 0.3 is 0 Å². The van der Waals surface area contributed by atoms with Gasteiger partial charge < -0.3 is 5.32 Å². The molecule has 0 spiro atoms. The third-order valence-electron chi connectivity index (χ3n) is 3.83. The summed E-state index contributed by atoms with van der Waals surface area (Å²) in [4.78, 5) is 5.83. The van der Waals surface area contributed by atoms with E-state index < -0.39 is 0 Å². The number of fused-ring (bicyclic) bond motifs is 1. The first-order valence-electron chi connectivity index (χ1n) is 6.20. The summed E-state index contributed by atoms with van der Waals surface area (Å²) in [6.45, 7) is 3.14. The topological polar surface area (TPSA) is 24.9 Å². The molecule has 1 fully saturated rings. The van der Waals surface area contributed by atoms with Gasteiger partial charge in [0.15, 0.2) is 0 Å². The number of aromatic nitrogens is 1. The molecule has 0 aliphatic heterocycles. The van der Waals surface area contributed by atoms with Crippen LogP contribution in [-0.2, 0) is 13.0 Å². The van der Waals surface area contributed by atoms with E-state index in [0.717, 1.165) is 24.8 Å². The van der Waals surface area contributed by atoms with Crippen LogP contribution in [0.2, 0.25) is 0 Å². The summed E-state index contributed by atoms with van der Waals surface area (Å²) < 4.78 is 0. The predicted octanol–water partition coefficient (Wildman–Crippen LogP) is 2.76. The molecule has 2 aliphatic rings. The first-order chi connectivity index (χ1) is 7.86. The van der Waals surface area contributed by atoms with Crippen LogP contribution in [0.3, 0.4) is 0 Å². The largest absolute Gasteiger partial charge is 0.307 e. The Balaban J connectivity index is 1.51. The highest BCUT2D eigenvalue weighted by atomic mass is 32.1. The van der Waals surface area contributed by atoms with Crippen molar-refractivity contribution in [3.63, 3.8) is 0 Å². The van der Waals surface area contributed by atoms with Gasteiger partial charge in [0.2, 0.25) is 0 Å². The van der Waals surface area contributed by atoms with E-state index in [1.54, 1.807) is 0 Å². The average Bonchev–Trinajstić information content (AvgIpc) is 2.86. The van der Waals surface area contributed by atoms with Gasteiger partial charge in [-0.15, -0.1) is 11.3 Å². The highest BCUT2D eigenvalue weighted by Gasteiger charge is 2.40. The van der Waals surface area contributed by atoms with Gasteiger partial charge in [-0.1, -0.05) is 19.1 Å². The van der Waals surface area contributed by atoms with Crippen molar-refractivity contribution in [2.24, 2.45) is 11.8 Å². The average molecular weight is 234 g/mol. The number of hydrogen-bond acceptors (Lipinski definition) is 3. The number of nitrogens with zero attached hydrogens (tertiary/aromatic N) is 1. The Hall–Kier alpha value is -0.670. The summed E-state index contributed by atoms with van der Waals surface area (Å²) >= 11 is 1.84. The minimum absolute atomic E-state index is 0.706. The van der Waals surface area contributed by atoms with Gasteiger partial charge in [-0.25, -0.2) is 4.98 Å². The normalized spacial score (nSPS) is 31.4. The van der Waals surface area contributed by atoms with E-state index in [1.165, 1.54) is 22.7 Å². The summed E-state index contributed by atoms with van der Waals surface area (Å²) in [6.07, 6.45) is 10.5. The number of hydrogen-bond donors (Lipinski definition) is 1. The maximum Gasteiger partial charge on any atom is 0.107 e. The summed E-state index contributed by atoms with van der Waals surface area (Å²) in [6, 6.07) is 0.706. The van der Waals surface area contributed by atoms with Gasteiger partial charge in [0.25, 0.3) is 0 Å². The molecule has 0 bridgehead atoms. The quantitative estimate of drug-likeness (QED) is 0.810. The standard InChI is InChI=1S/C13H18N2S/c1-2-10-7-15-13(16-10)8-14-12-6-9-4-3-5-11(9)12/h3,5,7,9,11-12,14H,2,4,6,8H2,1H3. The predicted molar refractivity (Wildman–Crippen MR) is 67.5 cm³/mol. The molecule has 16 heavy (non-hydrogen) atoms. The van der Waals surface area contributed by atoms with Gasteiger partial charge in [0.1, 0.15) is 5.01 Å². The van der Waals surface area contributed by atoms with Crippen molar-refractivity contribution in [1.29, 1.82) is 0 Å². The van der Waals surface area contributed by atoms with Crippen LogP contribution >= 0.6 is 11.3 Å². The lowest BCUT2D eigenvalue weighted by atomic mass is 9.71. The molecule has 1 N–H and O–H groups in total. The highest BCUT2D eigenvalue weighted by molar-refractivity contribution is 7.11. The minimum Gasteiger partial charge on any atom is -0.307 e. The fourth-order valence-electron chi connectivity index (χ4n) is 2.76. The Bertz CT molecular complexity index is 396. The second-order valence-corrected chi connectivity index (χ2v) is 6.00. The van der Waals surface area contributed by atoms with E-state index in [4.69, 9.17) is 0 Å². The molecule has 0 radical (unpaired) electrons. The Kier molecular flexibility index (Phi) is 2.82. The molecule has 0 aromatic carbocycles. The van der Waals surface area contributed by atoms with Crippen LogP contribution in [0.15, 0.2) is 18.3 Å². The van der Waals surface area contributed by atoms with Crippen LogP contribution in [0.1, 0.15) is 29.7 Å². The Morgan fingerprint density at radius 2 is 2.50 bits per heavy atom. The molecule has 2 aliphatic carbocycles. The van der Waals surface area contributed by atoms with Crippen molar-refractivity contribution in [3.05, 3.63) is 28.2 Å². The van der Waals surface area contributed by atoms with Crippen LogP contribution in [0.25, 0.3) is 0 Å². The van der Waals surface area contributed by atoms with Gasteiger partial charge in [0.05, 0.1) is 0 Å². The van der Waals surface area contributed by atoms with E-state index in [1.807, 2.05) is 17.5 Å². The first-order valence-corrected chi connectivity index (χ1v) is 7.02. The van der Waals surface area contributed by atoms with Crippen LogP contribution < -0.4 is 5.32 Å². The van der Waals surface area contributed by atoms with E-state index in [-0.39, 0.29) is 0 Å². The molecule has 1 aromatic rings. The van der Waals surface area contributed by atoms with E-state index in [2.05, 4.69) is 29.4 Å². The van der Waals surface area contributed by atoms with Gasteiger partial charge in [0, 0.05) is 23.7 Å². The van der Waals surface area contributed by atoms with Crippen molar-refractivity contribution in [3.8, 4) is 0 Å². The maximum atomic E-state index is 4.44. The molecule has 0 amide bonds. The molecule has 86 valence electrons. The Labute approximate surface area is 101 Å². The number of thiazole rings is 1. The number of aryl methyl sites for hydroxylation is 1. The number of allylic oxidation sites excluding steroid dienone is 1. The fourth-order valence-corrected chi connectivity index (χ4v) is 3.57. The third-order valence-corrected chi connectivity index (χ3v) is 4.97. The van der Waals surface area contributed by atoms with Crippen LogP contribution in [-0.4, -0.2) is 11.0 Å². The monoisotopic (exact) mass is 234 g/mol. The smallest absolute Gasteiger partial charge is 0.107 e. The summed E-state index contributed by atoms with van der Waals surface area (Å²) in [7, 11) is 0. The van der Waals surface area contributed by atoms with Crippen LogP contribution in [0.4, 0.5) is 0 Å². The van der Waals surface area contributed by atoms with E-state index in [9.17, 15) is 0 Å².